The fourth-order valence-corrected chi connectivity index (χ4v) is 2.78. The van der Waals surface area contributed by atoms with Gasteiger partial charge >= 0.3 is 0 Å². The monoisotopic (exact) mass is 308 g/mol. The molecule has 0 radical (unpaired) electrons. The summed E-state index contributed by atoms with van der Waals surface area (Å²) in [7, 11) is 3.16. The largest absolute Gasteiger partial charge is 0.493 e. The van der Waals surface area contributed by atoms with Crippen LogP contribution >= 0.6 is 0 Å². The van der Waals surface area contributed by atoms with Crippen molar-refractivity contribution in [3.63, 3.8) is 0 Å². The Hall–Kier alpha value is -3.13. The number of methoxy groups -OCH3 is 2. The first kappa shape index (κ1) is 14.8. The fourth-order valence-electron chi connectivity index (χ4n) is 2.78. The van der Waals surface area contributed by atoms with Crippen LogP contribution in [-0.2, 0) is 0 Å². The molecule has 2 aromatic rings. The number of ether oxygens (including phenoxy) is 3. The summed E-state index contributed by atoms with van der Waals surface area (Å²) in [5.74, 6) is 1.72. The van der Waals surface area contributed by atoms with Crippen LogP contribution in [0.5, 0.6) is 17.2 Å². The molecule has 0 saturated heterocycles. The number of nitrogens with two attached hydrogens (primary N) is 1. The van der Waals surface area contributed by atoms with E-state index >= 15 is 0 Å². The van der Waals surface area contributed by atoms with E-state index in [9.17, 15) is 5.26 Å². The molecular weight excluding hydrogens is 292 g/mol. The van der Waals surface area contributed by atoms with Crippen LogP contribution < -0.4 is 19.9 Å². The number of hydrogen-bond donors (Lipinski definition) is 1. The lowest BCUT2D eigenvalue weighted by Gasteiger charge is -2.26. The molecule has 0 bridgehead atoms. The van der Waals surface area contributed by atoms with Gasteiger partial charge in [0.2, 0.25) is 5.88 Å². The van der Waals surface area contributed by atoms with Gasteiger partial charge in [0, 0.05) is 5.56 Å². The highest BCUT2D eigenvalue weighted by Gasteiger charge is 2.30. The van der Waals surface area contributed by atoms with Crippen molar-refractivity contribution >= 4 is 0 Å². The Balaban J connectivity index is 2.19. The molecule has 5 heteroatoms. The average Bonchev–Trinajstić information content (AvgIpc) is 2.59. The average molecular weight is 308 g/mol. The molecular formula is C18H16N2O3. The fraction of sp³-hybridized carbons (Fsp3) is 0.167. The number of nitrogens with zero attached hydrogens (tertiary/aromatic N) is 1. The third kappa shape index (κ3) is 2.44. The number of fused-ring (bicyclic) bond motifs is 1. The maximum absolute atomic E-state index is 9.52. The van der Waals surface area contributed by atoms with Gasteiger partial charge in [0.1, 0.15) is 17.4 Å². The van der Waals surface area contributed by atoms with Crippen LogP contribution in [0, 0.1) is 11.3 Å². The van der Waals surface area contributed by atoms with E-state index in [1.54, 1.807) is 14.2 Å². The summed E-state index contributed by atoms with van der Waals surface area (Å²) >= 11 is 0. The van der Waals surface area contributed by atoms with Crippen molar-refractivity contribution in [1.82, 2.24) is 0 Å². The van der Waals surface area contributed by atoms with Crippen molar-refractivity contribution in [2.24, 2.45) is 5.73 Å². The van der Waals surface area contributed by atoms with Crippen molar-refractivity contribution in [3.8, 4) is 23.3 Å². The normalized spacial score (nSPS) is 16.1. The topological polar surface area (TPSA) is 77.5 Å². The molecule has 1 aliphatic heterocycles. The Morgan fingerprint density at radius 1 is 1.09 bits per heavy atom. The lowest BCUT2D eigenvalue weighted by atomic mass is 9.83. The zero-order valence-electron chi connectivity index (χ0n) is 12.9. The van der Waals surface area contributed by atoms with Crippen molar-refractivity contribution in [3.05, 3.63) is 65.0 Å². The van der Waals surface area contributed by atoms with Crippen LogP contribution in [0.1, 0.15) is 17.0 Å². The number of nitriles is 1. The highest BCUT2D eigenvalue weighted by Crippen LogP contribution is 2.43. The Morgan fingerprint density at radius 2 is 1.83 bits per heavy atom. The summed E-state index contributed by atoms with van der Waals surface area (Å²) in [6.45, 7) is 0. The first-order chi connectivity index (χ1) is 11.2. The molecule has 1 heterocycles. The van der Waals surface area contributed by atoms with Crippen LogP contribution in [0.2, 0.25) is 0 Å². The molecule has 3 rings (SSSR count). The number of para-hydroxylation sites is 1. The van der Waals surface area contributed by atoms with Crippen molar-refractivity contribution in [2.45, 2.75) is 5.92 Å². The number of benzene rings is 2. The van der Waals surface area contributed by atoms with Gasteiger partial charge in [0.25, 0.3) is 0 Å². The third-order valence-electron chi connectivity index (χ3n) is 3.87. The van der Waals surface area contributed by atoms with Crippen molar-refractivity contribution in [1.29, 1.82) is 5.26 Å². The van der Waals surface area contributed by atoms with Crippen molar-refractivity contribution in [2.75, 3.05) is 14.2 Å². The lowest BCUT2D eigenvalue weighted by molar-refractivity contribution is 0.354. The first-order valence-electron chi connectivity index (χ1n) is 7.08. The van der Waals surface area contributed by atoms with E-state index in [0.29, 0.717) is 22.8 Å². The van der Waals surface area contributed by atoms with E-state index in [-0.39, 0.29) is 11.8 Å². The molecule has 2 aromatic carbocycles. The zero-order chi connectivity index (χ0) is 16.4. The lowest BCUT2D eigenvalue weighted by Crippen LogP contribution is -2.21. The molecule has 0 spiro atoms. The maximum atomic E-state index is 9.52. The van der Waals surface area contributed by atoms with Gasteiger partial charge in [0.05, 0.1) is 20.1 Å². The summed E-state index contributed by atoms with van der Waals surface area (Å²) < 4.78 is 16.2. The summed E-state index contributed by atoms with van der Waals surface area (Å²) in [5, 5.41) is 9.52. The van der Waals surface area contributed by atoms with E-state index in [1.165, 1.54) is 0 Å². The molecule has 0 unspecified atom stereocenters. The van der Waals surface area contributed by atoms with Gasteiger partial charge < -0.3 is 19.9 Å². The molecule has 0 fully saturated rings. The van der Waals surface area contributed by atoms with Crippen LogP contribution in [0.15, 0.2) is 53.9 Å². The quantitative estimate of drug-likeness (QED) is 0.943. The maximum Gasteiger partial charge on any atom is 0.205 e. The van der Waals surface area contributed by atoms with E-state index in [2.05, 4.69) is 6.07 Å². The predicted octanol–water partition coefficient (Wildman–Crippen LogP) is 2.92. The smallest absolute Gasteiger partial charge is 0.205 e. The van der Waals surface area contributed by atoms with Gasteiger partial charge in [-0.1, -0.05) is 24.3 Å². The summed E-state index contributed by atoms with van der Waals surface area (Å²) in [6.07, 6.45) is 0. The second-order valence-corrected chi connectivity index (χ2v) is 5.08. The zero-order valence-corrected chi connectivity index (χ0v) is 12.9. The van der Waals surface area contributed by atoms with Gasteiger partial charge in [-0.25, -0.2) is 0 Å². The summed E-state index contributed by atoms with van der Waals surface area (Å²) in [5.41, 5.74) is 8.10. The molecule has 0 aromatic heterocycles. The second-order valence-electron chi connectivity index (χ2n) is 5.08. The Morgan fingerprint density at radius 3 is 2.52 bits per heavy atom. The standard InChI is InChI=1S/C18H16N2O3/c1-21-15-8-7-11(9-16(15)22-2)17-12-5-3-4-6-14(12)23-18(20)13(17)10-19/h3-9,17H,20H2,1-2H3/t17-/m1/s1. The van der Waals surface area contributed by atoms with Gasteiger partial charge in [0.15, 0.2) is 11.5 Å². The highest BCUT2D eigenvalue weighted by molar-refractivity contribution is 5.57. The Kier molecular flexibility index (Phi) is 3.82. The van der Waals surface area contributed by atoms with Crippen molar-refractivity contribution < 1.29 is 14.2 Å². The number of hydrogen-bond acceptors (Lipinski definition) is 5. The summed E-state index contributed by atoms with van der Waals surface area (Å²) in [6, 6.07) is 15.3. The van der Waals surface area contributed by atoms with Gasteiger partial charge in [-0.3, -0.25) is 0 Å². The molecule has 0 aliphatic carbocycles. The van der Waals surface area contributed by atoms with Gasteiger partial charge in [-0.15, -0.1) is 0 Å². The molecule has 1 aliphatic rings. The molecule has 23 heavy (non-hydrogen) atoms. The molecule has 0 saturated carbocycles. The molecule has 1 atom stereocenters. The predicted molar refractivity (Wildman–Crippen MR) is 85.3 cm³/mol. The van der Waals surface area contributed by atoms with Crippen LogP contribution in [0.3, 0.4) is 0 Å². The first-order valence-corrected chi connectivity index (χ1v) is 7.08. The summed E-state index contributed by atoms with van der Waals surface area (Å²) in [4.78, 5) is 0. The molecule has 0 amide bonds. The minimum atomic E-state index is -0.301. The molecule has 5 nitrogen and oxygen atoms in total. The third-order valence-corrected chi connectivity index (χ3v) is 3.87. The van der Waals surface area contributed by atoms with Crippen LogP contribution in [0.4, 0.5) is 0 Å². The van der Waals surface area contributed by atoms with Gasteiger partial charge in [-0.2, -0.15) is 5.26 Å². The molecule has 2 N–H and O–H groups in total. The highest BCUT2D eigenvalue weighted by atomic mass is 16.5. The van der Waals surface area contributed by atoms with E-state index in [0.717, 1.165) is 11.1 Å². The van der Waals surface area contributed by atoms with E-state index in [4.69, 9.17) is 19.9 Å². The second kappa shape index (κ2) is 5.93. The Bertz CT molecular complexity index is 821. The Labute approximate surface area is 134 Å². The van der Waals surface area contributed by atoms with Gasteiger partial charge in [-0.05, 0) is 23.8 Å². The van der Waals surface area contributed by atoms with E-state index < -0.39 is 0 Å². The number of allylic oxidation sites excluding steroid dienone is 1. The molecule has 116 valence electrons. The van der Waals surface area contributed by atoms with E-state index in [1.807, 2.05) is 42.5 Å². The van der Waals surface area contributed by atoms with Crippen LogP contribution in [0.25, 0.3) is 0 Å². The minimum Gasteiger partial charge on any atom is -0.493 e. The van der Waals surface area contributed by atoms with Crippen LogP contribution in [-0.4, -0.2) is 14.2 Å². The minimum absolute atomic E-state index is 0.131. The number of rotatable bonds is 3. The SMILES string of the molecule is COc1ccc([C@H]2C(C#N)=C(N)Oc3ccccc32)cc1OC.